The van der Waals surface area contributed by atoms with Gasteiger partial charge in [-0.05, 0) is 55.5 Å². The largest absolute Gasteiger partial charge is 0.0622 e. The Morgan fingerprint density at radius 1 is 0.545 bits per heavy atom. The predicted molar refractivity (Wildman–Crippen MR) is 96.3 cm³/mol. The summed E-state index contributed by atoms with van der Waals surface area (Å²) in [5, 5.41) is 0. The van der Waals surface area contributed by atoms with Gasteiger partial charge in [-0.15, -0.1) is 0 Å². The van der Waals surface area contributed by atoms with Gasteiger partial charge in [0.15, 0.2) is 0 Å². The Kier molecular flexibility index (Phi) is 3.85. The SMILES string of the molecule is Cc1cc(C)cc(-c2cc(C)cc(C)c2-c2ccccc2)c1. The zero-order chi connectivity index (χ0) is 15.7. The van der Waals surface area contributed by atoms with Crippen LogP contribution in [0.1, 0.15) is 22.3 Å². The summed E-state index contributed by atoms with van der Waals surface area (Å²) in [6.07, 6.45) is 0. The van der Waals surface area contributed by atoms with Crippen molar-refractivity contribution in [2.45, 2.75) is 27.7 Å². The molecule has 0 aliphatic heterocycles. The van der Waals surface area contributed by atoms with Gasteiger partial charge in [-0.25, -0.2) is 0 Å². The van der Waals surface area contributed by atoms with Crippen LogP contribution in [0.15, 0.2) is 60.7 Å². The van der Waals surface area contributed by atoms with Crippen LogP contribution in [0.5, 0.6) is 0 Å². The molecule has 0 aliphatic carbocycles. The minimum Gasteiger partial charge on any atom is -0.0622 e. The van der Waals surface area contributed by atoms with Crippen molar-refractivity contribution >= 4 is 0 Å². The average Bonchev–Trinajstić information content (AvgIpc) is 2.46. The highest BCUT2D eigenvalue weighted by molar-refractivity contribution is 5.86. The number of hydrogen-bond acceptors (Lipinski definition) is 0. The van der Waals surface area contributed by atoms with Crippen molar-refractivity contribution < 1.29 is 0 Å². The molecule has 0 heterocycles. The maximum atomic E-state index is 2.31. The van der Waals surface area contributed by atoms with Gasteiger partial charge in [-0.3, -0.25) is 0 Å². The van der Waals surface area contributed by atoms with Gasteiger partial charge >= 0.3 is 0 Å². The number of rotatable bonds is 2. The first kappa shape index (κ1) is 14.6. The summed E-state index contributed by atoms with van der Waals surface area (Å²) in [5.41, 5.74) is 10.5. The molecule has 0 amide bonds. The second-order valence-corrected chi connectivity index (χ2v) is 6.25. The van der Waals surface area contributed by atoms with Gasteiger partial charge in [0.2, 0.25) is 0 Å². The van der Waals surface area contributed by atoms with Gasteiger partial charge in [0.1, 0.15) is 0 Å². The molecule has 0 saturated heterocycles. The molecule has 22 heavy (non-hydrogen) atoms. The van der Waals surface area contributed by atoms with Crippen molar-refractivity contribution in [3.63, 3.8) is 0 Å². The van der Waals surface area contributed by atoms with E-state index in [-0.39, 0.29) is 0 Å². The molecular weight excluding hydrogens is 264 g/mol. The molecular formula is C22H22. The quantitative estimate of drug-likeness (QED) is 0.522. The second kappa shape index (κ2) is 5.81. The summed E-state index contributed by atoms with van der Waals surface area (Å²) < 4.78 is 0. The molecule has 0 aliphatic rings. The lowest BCUT2D eigenvalue weighted by Gasteiger charge is -2.16. The third-order valence-electron chi connectivity index (χ3n) is 4.08. The topological polar surface area (TPSA) is 0 Å². The molecule has 0 saturated carbocycles. The van der Waals surface area contributed by atoms with Crippen LogP contribution in [0.4, 0.5) is 0 Å². The summed E-state index contributed by atoms with van der Waals surface area (Å²) in [6.45, 7) is 8.72. The number of aryl methyl sites for hydroxylation is 4. The van der Waals surface area contributed by atoms with Crippen LogP contribution in [-0.2, 0) is 0 Å². The summed E-state index contributed by atoms with van der Waals surface area (Å²) in [5.74, 6) is 0. The second-order valence-electron chi connectivity index (χ2n) is 6.25. The van der Waals surface area contributed by atoms with Crippen LogP contribution in [0.25, 0.3) is 22.3 Å². The Morgan fingerprint density at radius 2 is 1.14 bits per heavy atom. The number of benzene rings is 3. The smallest absolute Gasteiger partial charge is 0.00759 e. The van der Waals surface area contributed by atoms with Crippen LogP contribution < -0.4 is 0 Å². The fourth-order valence-corrected chi connectivity index (χ4v) is 3.31. The van der Waals surface area contributed by atoms with E-state index >= 15 is 0 Å². The zero-order valence-electron chi connectivity index (χ0n) is 13.8. The molecule has 0 spiro atoms. The Labute approximate surface area is 133 Å². The molecule has 3 aromatic carbocycles. The van der Waals surface area contributed by atoms with Crippen molar-refractivity contribution in [1.82, 2.24) is 0 Å². The van der Waals surface area contributed by atoms with Crippen molar-refractivity contribution in [2.75, 3.05) is 0 Å². The fraction of sp³-hybridized carbons (Fsp3) is 0.182. The summed E-state index contributed by atoms with van der Waals surface area (Å²) >= 11 is 0. The van der Waals surface area contributed by atoms with Gasteiger partial charge in [-0.1, -0.05) is 77.4 Å². The Bertz CT molecular complexity index is 791. The molecule has 0 heteroatoms. The summed E-state index contributed by atoms with van der Waals surface area (Å²) in [4.78, 5) is 0. The van der Waals surface area contributed by atoms with E-state index in [1.165, 1.54) is 44.5 Å². The van der Waals surface area contributed by atoms with Crippen LogP contribution in [0.3, 0.4) is 0 Å². The maximum Gasteiger partial charge on any atom is -0.00759 e. The zero-order valence-corrected chi connectivity index (χ0v) is 13.8. The third-order valence-corrected chi connectivity index (χ3v) is 4.08. The van der Waals surface area contributed by atoms with Crippen LogP contribution >= 0.6 is 0 Å². The van der Waals surface area contributed by atoms with Crippen molar-refractivity contribution in [3.8, 4) is 22.3 Å². The summed E-state index contributed by atoms with van der Waals surface area (Å²) in [7, 11) is 0. The van der Waals surface area contributed by atoms with Crippen molar-refractivity contribution in [3.05, 3.63) is 82.9 Å². The first-order chi connectivity index (χ1) is 10.5. The van der Waals surface area contributed by atoms with E-state index in [0.29, 0.717) is 0 Å². The van der Waals surface area contributed by atoms with Crippen LogP contribution in [0.2, 0.25) is 0 Å². The molecule has 0 unspecified atom stereocenters. The first-order valence-corrected chi connectivity index (χ1v) is 7.80. The Balaban J connectivity index is 2.31. The van der Waals surface area contributed by atoms with Gasteiger partial charge < -0.3 is 0 Å². The lowest BCUT2D eigenvalue weighted by atomic mass is 9.88. The molecule has 0 aromatic heterocycles. The highest BCUT2D eigenvalue weighted by Gasteiger charge is 2.11. The van der Waals surface area contributed by atoms with Crippen LogP contribution in [0, 0.1) is 27.7 Å². The van der Waals surface area contributed by atoms with Gasteiger partial charge in [0, 0.05) is 0 Å². The van der Waals surface area contributed by atoms with Crippen LogP contribution in [-0.4, -0.2) is 0 Å². The minimum atomic E-state index is 1.29. The molecule has 0 bridgehead atoms. The van der Waals surface area contributed by atoms with Gasteiger partial charge in [-0.2, -0.15) is 0 Å². The maximum absolute atomic E-state index is 2.31. The van der Waals surface area contributed by atoms with Gasteiger partial charge in [0.05, 0.1) is 0 Å². The van der Waals surface area contributed by atoms with E-state index in [0.717, 1.165) is 0 Å². The molecule has 0 atom stereocenters. The average molecular weight is 286 g/mol. The van der Waals surface area contributed by atoms with Crippen molar-refractivity contribution in [1.29, 1.82) is 0 Å². The molecule has 0 fully saturated rings. The van der Waals surface area contributed by atoms with E-state index in [2.05, 4.69) is 88.4 Å². The molecule has 110 valence electrons. The fourth-order valence-electron chi connectivity index (χ4n) is 3.31. The number of hydrogen-bond donors (Lipinski definition) is 0. The molecule has 0 nitrogen and oxygen atoms in total. The van der Waals surface area contributed by atoms with Gasteiger partial charge in [0.25, 0.3) is 0 Å². The third kappa shape index (κ3) is 2.82. The molecule has 3 aromatic rings. The Hall–Kier alpha value is -2.34. The monoisotopic (exact) mass is 286 g/mol. The van der Waals surface area contributed by atoms with Crippen molar-refractivity contribution in [2.24, 2.45) is 0 Å². The molecule has 0 radical (unpaired) electrons. The minimum absolute atomic E-state index is 1.29. The predicted octanol–water partition coefficient (Wildman–Crippen LogP) is 6.25. The Morgan fingerprint density at radius 3 is 1.77 bits per heavy atom. The van der Waals surface area contributed by atoms with E-state index in [1.807, 2.05) is 0 Å². The van der Waals surface area contributed by atoms with E-state index in [1.54, 1.807) is 0 Å². The van der Waals surface area contributed by atoms with E-state index < -0.39 is 0 Å². The lowest BCUT2D eigenvalue weighted by molar-refractivity contribution is 1.35. The van der Waals surface area contributed by atoms with E-state index in [4.69, 9.17) is 0 Å². The highest BCUT2D eigenvalue weighted by atomic mass is 14.2. The van der Waals surface area contributed by atoms with E-state index in [9.17, 15) is 0 Å². The molecule has 0 N–H and O–H groups in total. The normalized spacial score (nSPS) is 10.7. The first-order valence-electron chi connectivity index (χ1n) is 7.80. The summed E-state index contributed by atoms with van der Waals surface area (Å²) in [6, 6.07) is 22.1. The standard InChI is InChI=1S/C22H22/c1-15-10-16(2)13-20(12-15)21-14-17(3)11-18(4)22(21)19-8-6-5-7-9-19/h5-14H,1-4H3. The molecule has 3 rings (SSSR count). The lowest BCUT2D eigenvalue weighted by Crippen LogP contribution is -1.92. The highest BCUT2D eigenvalue weighted by Crippen LogP contribution is 2.36.